The number of amides is 1. The maximum atomic E-state index is 12.3. The van der Waals surface area contributed by atoms with Crippen LogP contribution in [0.15, 0.2) is 30.3 Å². The van der Waals surface area contributed by atoms with Gasteiger partial charge in [0, 0.05) is 76.2 Å². The maximum Gasteiger partial charge on any atom is 0.410 e. The van der Waals surface area contributed by atoms with Crippen molar-refractivity contribution in [2.75, 3.05) is 71.0 Å². The molecule has 2 atom stereocenters. The summed E-state index contributed by atoms with van der Waals surface area (Å²) in [6, 6.07) is 11.6. The Morgan fingerprint density at radius 2 is 1.73 bits per heavy atom. The van der Waals surface area contributed by atoms with Crippen LogP contribution in [0.5, 0.6) is 11.5 Å². The molecule has 0 bridgehead atoms. The lowest BCUT2D eigenvalue weighted by atomic mass is 9.86. The normalized spacial score (nSPS) is 21.6. The van der Waals surface area contributed by atoms with Gasteiger partial charge < -0.3 is 24.0 Å². The third-order valence-electron chi connectivity index (χ3n) is 9.48. The average molecular weight is 627 g/mol. The molecule has 2 aromatic carbocycles. The number of fused-ring (bicyclic) bond motifs is 1. The van der Waals surface area contributed by atoms with E-state index < -0.39 is 5.60 Å². The number of ether oxygens (including phenoxy) is 3. The van der Waals surface area contributed by atoms with Crippen LogP contribution in [0.25, 0.3) is 0 Å². The van der Waals surface area contributed by atoms with Crippen LogP contribution in [0.2, 0.25) is 5.02 Å². The van der Waals surface area contributed by atoms with E-state index in [0.717, 1.165) is 57.2 Å². The minimum Gasteiger partial charge on any atom is -0.495 e. The molecular formula is C35H51ClN4O4. The maximum absolute atomic E-state index is 12.3. The van der Waals surface area contributed by atoms with Crippen molar-refractivity contribution in [2.24, 2.45) is 0 Å². The Bertz CT molecular complexity index is 1290. The lowest BCUT2D eigenvalue weighted by Crippen LogP contribution is -2.56. The SMILES string of the molecule is COc1cc(N2CCN3[C@@H](CCC[C@@H]3c3ccc(OCCCN4CCN(C(=O)OC(C)(C)C)CC4)c(C)c3C)C2)ccc1Cl. The number of carbonyl (C=O) groups excluding carboxylic acids is 1. The van der Waals surface area contributed by atoms with Crippen molar-refractivity contribution in [1.82, 2.24) is 14.7 Å². The Hall–Kier alpha value is -2.68. The van der Waals surface area contributed by atoms with Gasteiger partial charge in [0.05, 0.1) is 18.7 Å². The number of piperidine rings is 1. The summed E-state index contributed by atoms with van der Waals surface area (Å²) in [4.78, 5) is 21.8. The largest absolute Gasteiger partial charge is 0.495 e. The van der Waals surface area contributed by atoms with Gasteiger partial charge in [-0.1, -0.05) is 17.7 Å². The Morgan fingerprint density at radius 3 is 2.45 bits per heavy atom. The minimum atomic E-state index is -0.456. The van der Waals surface area contributed by atoms with Crippen LogP contribution >= 0.6 is 11.6 Å². The van der Waals surface area contributed by atoms with E-state index >= 15 is 0 Å². The summed E-state index contributed by atoms with van der Waals surface area (Å²) in [5.74, 6) is 1.73. The molecule has 3 heterocycles. The van der Waals surface area contributed by atoms with E-state index in [0.29, 0.717) is 36.8 Å². The minimum absolute atomic E-state index is 0.209. The van der Waals surface area contributed by atoms with Crippen molar-refractivity contribution in [2.45, 2.75) is 78.0 Å². The summed E-state index contributed by atoms with van der Waals surface area (Å²) in [5, 5.41) is 0.654. The van der Waals surface area contributed by atoms with E-state index in [1.807, 2.05) is 31.7 Å². The summed E-state index contributed by atoms with van der Waals surface area (Å²) in [6.45, 7) is 18.1. The van der Waals surface area contributed by atoms with Gasteiger partial charge in [0.15, 0.2) is 0 Å². The molecule has 0 N–H and O–H groups in total. The third-order valence-corrected chi connectivity index (χ3v) is 9.79. The molecule has 3 aliphatic rings. The number of benzene rings is 2. The Balaban J connectivity index is 1.12. The molecule has 3 aliphatic heterocycles. The molecule has 0 unspecified atom stereocenters. The molecule has 8 nitrogen and oxygen atoms in total. The smallest absolute Gasteiger partial charge is 0.410 e. The first-order valence-corrected chi connectivity index (χ1v) is 16.7. The number of rotatable bonds is 8. The fourth-order valence-corrected chi connectivity index (χ4v) is 7.14. The molecule has 5 rings (SSSR count). The quantitative estimate of drug-likeness (QED) is 0.302. The molecule has 2 aromatic rings. The topological polar surface area (TPSA) is 57.7 Å². The number of carbonyl (C=O) groups is 1. The van der Waals surface area contributed by atoms with Crippen LogP contribution in [-0.2, 0) is 4.74 Å². The highest BCUT2D eigenvalue weighted by molar-refractivity contribution is 6.32. The van der Waals surface area contributed by atoms with E-state index in [1.54, 1.807) is 7.11 Å². The van der Waals surface area contributed by atoms with Gasteiger partial charge in [-0.15, -0.1) is 0 Å². The highest BCUT2D eigenvalue weighted by Crippen LogP contribution is 2.40. The van der Waals surface area contributed by atoms with Crippen molar-refractivity contribution in [1.29, 1.82) is 0 Å². The first-order valence-electron chi connectivity index (χ1n) is 16.3. The Labute approximate surface area is 269 Å². The second-order valence-corrected chi connectivity index (χ2v) is 13.9. The zero-order chi connectivity index (χ0) is 31.4. The van der Waals surface area contributed by atoms with E-state index in [-0.39, 0.29) is 6.09 Å². The van der Waals surface area contributed by atoms with Crippen molar-refractivity contribution in [3.8, 4) is 11.5 Å². The number of hydrogen-bond donors (Lipinski definition) is 0. The van der Waals surface area contributed by atoms with Crippen molar-refractivity contribution in [3.05, 3.63) is 52.0 Å². The Kier molecular flexibility index (Phi) is 10.5. The standard InChI is InChI=1S/C35H51ClN4O4/c1-25-26(2)32(43-22-8-15-37-16-18-38(19-17-37)34(41)44-35(3,4)5)14-12-29(25)31-10-7-9-28-24-39(20-21-40(28)31)27-11-13-30(36)33(23-27)42-6/h11-14,23,28,31H,7-10,15-22,24H2,1-6H3/t28-,31+/m0/s1. The molecule has 3 saturated heterocycles. The van der Waals surface area contributed by atoms with Gasteiger partial charge in [0.2, 0.25) is 0 Å². The van der Waals surface area contributed by atoms with Gasteiger partial charge >= 0.3 is 6.09 Å². The fraction of sp³-hybridized carbons (Fsp3) is 0.629. The van der Waals surface area contributed by atoms with E-state index in [1.165, 1.54) is 41.6 Å². The second kappa shape index (κ2) is 14.2. The van der Waals surface area contributed by atoms with Gasteiger partial charge in [-0.25, -0.2) is 4.79 Å². The van der Waals surface area contributed by atoms with Crippen LogP contribution < -0.4 is 14.4 Å². The average Bonchev–Trinajstić information content (AvgIpc) is 3.00. The molecule has 44 heavy (non-hydrogen) atoms. The number of hydrogen-bond acceptors (Lipinski definition) is 7. The van der Waals surface area contributed by atoms with Gasteiger partial charge in [-0.2, -0.15) is 0 Å². The fourth-order valence-electron chi connectivity index (χ4n) is 6.95. The molecule has 1 amide bonds. The van der Waals surface area contributed by atoms with Crippen molar-refractivity contribution >= 4 is 23.4 Å². The predicted molar refractivity (Wildman–Crippen MR) is 178 cm³/mol. The van der Waals surface area contributed by atoms with Gasteiger partial charge in [0.25, 0.3) is 0 Å². The van der Waals surface area contributed by atoms with Crippen LogP contribution in [0.1, 0.15) is 69.2 Å². The third kappa shape index (κ3) is 7.75. The molecule has 9 heteroatoms. The zero-order valence-corrected chi connectivity index (χ0v) is 28.3. The highest BCUT2D eigenvalue weighted by atomic mass is 35.5. The van der Waals surface area contributed by atoms with Crippen molar-refractivity contribution < 1.29 is 19.0 Å². The zero-order valence-electron chi connectivity index (χ0n) is 27.5. The number of methoxy groups -OCH3 is 1. The summed E-state index contributed by atoms with van der Waals surface area (Å²) < 4.78 is 17.3. The molecule has 0 spiro atoms. The van der Waals surface area contributed by atoms with E-state index in [9.17, 15) is 4.79 Å². The number of nitrogens with zero attached hydrogens (tertiary/aromatic N) is 4. The molecule has 0 aliphatic carbocycles. The second-order valence-electron chi connectivity index (χ2n) is 13.5. The number of halogens is 1. The lowest BCUT2D eigenvalue weighted by molar-refractivity contribution is 0.0142. The summed E-state index contributed by atoms with van der Waals surface area (Å²) >= 11 is 6.29. The molecule has 242 valence electrons. The lowest BCUT2D eigenvalue weighted by Gasteiger charge is -2.49. The summed E-state index contributed by atoms with van der Waals surface area (Å²) in [5.41, 5.74) is 4.79. The number of anilines is 1. The monoisotopic (exact) mass is 626 g/mol. The molecule has 0 saturated carbocycles. The van der Waals surface area contributed by atoms with E-state index in [2.05, 4.69) is 52.8 Å². The van der Waals surface area contributed by atoms with Gasteiger partial charge in [-0.3, -0.25) is 9.80 Å². The van der Waals surface area contributed by atoms with Crippen LogP contribution in [0.4, 0.5) is 10.5 Å². The first-order chi connectivity index (χ1) is 21.0. The number of piperazine rings is 2. The van der Waals surface area contributed by atoms with Gasteiger partial charge in [-0.05, 0) is 95.2 Å². The first kappa shape index (κ1) is 32.7. The summed E-state index contributed by atoms with van der Waals surface area (Å²) in [7, 11) is 1.67. The van der Waals surface area contributed by atoms with Crippen LogP contribution in [0, 0.1) is 13.8 Å². The predicted octanol–water partition coefficient (Wildman–Crippen LogP) is 6.70. The molecule has 3 fully saturated rings. The highest BCUT2D eigenvalue weighted by Gasteiger charge is 2.36. The van der Waals surface area contributed by atoms with Crippen LogP contribution in [0.3, 0.4) is 0 Å². The van der Waals surface area contributed by atoms with Gasteiger partial charge in [0.1, 0.15) is 17.1 Å². The van der Waals surface area contributed by atoms with Crippen LogP contribution in [-0.4, -0.2) is 98.5 Å². The molecule has 0 aromatic heterocycles. The van der Waals surface area contributed by atoms with E-state index in [4.69, 9.17) is 25.8 Å². The Morgan fingerprint density at radius 1 is 0.955 bits per heavy atom. The molecular weight excluding hydrogens is 576 g/mol. The molecule has 0 radical (unpaired) electrons. The van der Waals surface area contributed by atoms with Crippen molar-refractivity contribution in [3.63, 3.8) is 0 Å². The summed E-state index contributed by atoms with van der Waals surface area (Å²) in [6.07, 6.45) is 4.42.